The summed E-state index contributed by atoms with van der Waals surface area (Å²) in [5, 5.41) is 14.0. The van der Waals surface area contributed by atoms with E-state index in [2.05, 4.69) is 15.2 Å². The Hall–Kier alpha value is -2.30. The monoisotopic (exact) mass is 422 g/mol. The van der Waals surface area contributed by atoms with Crippen LogP contribution in [-0.2, 0) is 0 Å². The summed E-state index contributed by atoms with van der Waals surface area (Å²) < 4.78 is 39.7. The topological polar surface area (TPSA) is 83.6 Å². The van der Waals surface area contributed by atoms with E-state index in [1.807, 2.05) is 0 Å². The number of halogens is 2. The number of nitrogens with zero attached hydrogens (tertiary/aromatic N) is 3. The third-order valence-corrected chi connectivity index (χ3v) is 6.43. The van der Waals surface area contributed by atoms with Crippen LogP contribution in [0.3, 0.4) is 0 Å². The standard InChI is InChI=1S/C19H20F2N4O3S/c1-18(2,26)19(20,21)28-13-4-3-12(16-22-5-6-27-16)14-15(13)29-17(24-14)25-8-10-7-11(9-25)23-10/h3-6,10-11,23,26H,7-9H2,1-2H3. The molecule has 0 saturated carbocycles. The molecule has 3 saturated heterocycles. The predicted octanol–water partition coefficient (Wildman–Crippen LogP) is 3.24. The molecule has 3 aliphatic heterocycles. The summed E-state index contributed by atoms with van der Waals surface area (Å²) in [5.41, 5.74) is -1.25. The Morgan fingerprint density at radius 3 is 2.66 bits per heavy atom. The maximum absolute atomic E-state index is 14.4. The Labute approximate surface area is 169 Å². The largest absolute Gasteiger partial charge is 0.444 e. The molecule has 3 aliphatic rings. The van der Waals surface area contributed by atoms with Crippen molar-refractivity contribution in [3.8, 4) is 17.2 Å². The first-order valence-corrected chi connectivity index (χ1v) is 10.2. The Morgan fingerprint density at radius 2 is 2.03 bits per heavy atom. The number of piperazine rings is 1. The molecule has 0 radical (unpaired) electrons. The molecule has 2 unspecified atom stereocenters. The van der Waals surface area contributed by atoms with Gasteiger partial charge in [-0.3, -0.25) is 0 Å². The van der Waals surface area contributed by atoms with Crippen LogP contribution < -0.4 is 15.0 Å². The van der Waals surface area contributed by atoms with Crippen LogP contribution in [0.15, 0.2) is 29.0 Å². The van der Waals surface area contributed by atoms with E-state index in [1.54, 1.807) is 6.07 Å². The van der Waals surface area contributed by atoms with Crippen molar-refractivity contribution in [3.63, 3.8) is 0 Å². The molecule has 29 heavy (non-hydrogen) atoms. The zero-order valence-corrected chi connectivity index (χ0v) is 16.7. The highest BCUT2D eigenvalue weighted by atomic mass is 32.1. The minimum absolute atomic E-state index is 0.0357. The highest BCUT2D eigenvalue weighted by molar-refractivity contribution is 7.22. The fraction of sp³-hybridized carbons (Fsp3) is 0.474. The number of thiazole rings is 1. The number of hydrogen-bond acceptors (Lipinski definition) is 8. The van der Waals surface area contributed by atoms with Gasteiger partial charge in [-0.25, -0.2) is 9.97 Å². The number of rotatable bonds is 5. The number of nitrogens with one attached hydrogen (secondary N) is 1. The average Bonchev–Trinajstić information content (AvgIpc) is 3.30. The first-order chi connectivity index (χ1) is 13.7. The fourth-order valence-corrected chi connectivity index (χ4v) is 4.71. The zero-order valence-electron chi connectivity index (χ0n) is 15.9. The van der Waals surface area contributed by atoms with Crippen molar-refractivity contribution >= 4 is 26.7 Å². The molecule has 6 rings (SSSR count). The zero-order chi connectivity index (χ0) is 20.4. The molecule has 0 spiro atoms. The lowest BCUT2D eigenvalue weighted by molar-refractivity contribution is -0.275. The number of oxazole rings is 1. The van der Waals surface area contributed by atoms with Crippen molar-refractivity contribution in [1.82, 2.24) is 15.3 Å². The Kier molecular flexibility index (Phi) is 4.10. The number of fused-ring (bicyclic) bond motifs is 3. The minimum Gasteiger partial charge on any atom is -0.444 e. The number of aromatic nitrogens is 2. The van der Waals surface area contributed by atoms with Crippen molar-refractivity contribution in [3.05, 3.63) is 24.6 Å². The SMILES string of the molecule is CC(C)(O)C(F)(F)Oc1ccc(-c2ncco2)c2nc(N3CC4CC(C3)N4)sc12. The number of hydrogen-bond donors (Lipinski definition) is 2. The van der Waals surface area contributed by atoms with Gasteiger partial charge in [0.05, 0.1) is 16.5 Å². The van der Waals surface area contributed by atoms with Crippen LogP contribution in [0, 0.1) is 0 Å². The molecule has 3 fully saturated rings. The summed E-state index contributed by atoms with van der Waals surface area (Å²) in [7, 11) is 0. The number of aliphatic hydroxyl groups is 1. The summed E-state index contributed by atoms with van der Waals surface area (Å²) in [6, 6.07) is 3.91. The van der Waals surface area contributed by atoms with E-state index in [4.69, 9.17) is 14.1 Å². The van der Waals surface area contributed by atoms with E-state index < -0.39 is 11.7 Å². The third kappa shape index (κ3) is 3.15. The molecular weight excluding hydrogens is 402 g/mol. The number of alkyl halides is 2. The van der Waals surface area contributed by atoms with E-state index >= 15 is 0 Å². The summed E-state index contributed by atoms with van der Waals surface area (Å²) in [5.74, 6) is 0.322. The molecule has 154 valence electrons. The van der Waals surface area contributed by atoms with Gasteiger partial charge in [-0.2, -0.15) is 8.78 Å². The Balaban J connectivity index is 1.60. The molecule has 5 heterocycles. The maximum atomic E-state index is 14.4. The number of benzene rings is 1. The molecule has 0 amide bonds. The second-order valence-electron chi connectivity index (χ2n) is 8.00. The molecule has 2 bridgehead atoms. The van der Waals surface area contributed by atoms with Gasteiger partial charge in [0.1, 0.15) is 17.5 Å². The van der Waals surface area contributed by atoms with Crippen LogP contribution in [-0.4, -0.2) is 52.0 Å². The lowest BCUT2D eigenvalue weighted by Gasteiger charge is -2.48. The molecule has 1 aromatic carbocycles. The normalized spacial score (nSPS) is 22.0. The molecule has 7 nitrogen and oxygen atoms in total. The van der Waals surface area contributed by atoms with Gasteiger partial charge >= 0.3 is 6.11 Å². The summed E-state index contributed by atoms with van der Waals surface area (Å²) in [4.78, 5) is 11.1. The van der Waals surface area contributed by atoms with E-state index in [0.29, 0.717) is 33.8 Å². The Bertz CT molecular complexity index is 1030. The molecule has 2 N–H and O–H groups in total. The first-order valence-electron chi connectivity index (χ1n) is 9.35. The van der Waals surface area contributed by atoms with Crippen molar-refractivity contribution in [2.45, 2.75) is 44.1 Å². The lowest BCUT2D eigenvalue weighted by Crippen LogP contribution is -2.67. The van der Waals surface area contributed by atoms with Gasteiger partial charge in [0.25, 0.3) is 0 Å². The van der Waals surface area contributed by atoms with Gasteiger partial charge in [0, 0.05) is 25.2 Å². The van der Waals surface area contributed by atoms with Crippen LogP contribution in [0.25, 0.3) is 21.7 Å². The highest BCUT2D eigenvalue weighted by Gasteiger charge is 2.49. The molecule has 2 aromatic heterocycles. The smallest absolute Gasteiger partial charge is 0.426 e. The van der Waals surface area contributed by atoms with E-state index in [1.165, 1.54) is 29.9 Å². The van der Waals surface area contributed by atoms with Gasteiger partial charge in [0.15, 0.2) is 10.7 Å². The fourth-order valence-electron chi connectivity index (χ4n) is 3.65. The van der Waals surface area contributed by atoms with Gasteiger partial charge < -0.3 is 24.5 Å². The minimum atomic E-state index is -3.77. The van der Waals surface area contributed by atoms with Crippen molar-refractivity contribution < 1.29 is 23.0 Å². The molecular formula is C19H20F2N4O3S. The summed E-state index contributed by atoms with van der Waals surface area (Å²) >= 11 is 1.29. The third-order valence-electron chi connectivity index (χ3n) is 5.30. The average molecular weight is 422 g/mol. The Morgan fingerprint density at radius 1 is 1.31 bits per heavy atom. The second kappa shape index (κ2) is 6.35. The lowest BCUT2D eigenvalue weighted by atomic mass is 9.92. The first kappa shape index (κ1) is 18.7. The van der Waals surface area contributed by atoms with Gasteiger partial charge in [-0.05, 0) is 32.4 Å². The van der Waals surface area contributed by atoms with E-state index in [-0.39, 0.29) is 5.75 Å². The van der Waals surface area contributed by atoms with Crippen LogP contribution >= 0.6 is 11.3 Å². The molecule has 2 atom stereocenters. The van der Waals surface area contributed by atoms with E-state index in [0.717, 1.165) is 38.5 Å². The quantitative estimate of drug-likeness (QED) is 0.653. The van der Waals surface area contributed by atoms with Crippen molar-refractivity contribution in [2.24, 2.45) is 0 Å². The van der Waals surface area contributed by atoms with Gasteiger partial charge in [0.2, 0.25) is 5.89 Å². The highest BCUT2D eigenvalue weighted by Crippen LogP contribution is 2.44. The maximum Gasteiger partial charge on any atom is 0.426 e. The second-order valence-corrected chi connectivity index (χ2v) is 8.98. The van der Waals surface area contributed by atoms with Gasteiger partial charge in [-0.1, -0.05) is 11.3 Å². The van der Waals surface area contributed by atoms with Crippen LogP contribution in [0.4, 0.5) is 13.9 Å². The number of piperidine rings is 1. The van der Waals surface area contributed by atoms with Crippen LogP contribution in [0.1, 0.15) is 20.3 Å². The van der Waals surface area contributed by atoms with Crippen LogP contribution in [0.5, 0.6) is 5.75 Å². The summed E-state index contributed by atoms with van der Waals surface area (Å²) in [6.07, 6.45) is 0.344. The van der Waals surface area contributed by atoms with E-state index in [9.17, 15) is 13.9 Å². The summed E-state index contributed by atoms with van der Waals surface area (Å²) in [6.45, 7) is 3.66. The number of ether oxygens (including phenoxy) is 1. The van der Waals surface area contributed by atoms with Crippen molar-refractivity contribution in [2.75, 3.05) is 18.0 Å². The molecule has 3 aromatic rings. The van der Waals surface area contributed by atoms with Gasteiger partial charge in [-0.15, -0.1) is 0 Å². The number of anilines is 1. The molecule has 0 aliphatic carbocycles. The molecule has 10 heteroatoms. The van der Waals surface area contributed by atoms with Crippen molar-refractivity contribution in [1.29, 1.82) is 0 Å². The predicted molar refractivity (Wildman–Crippen MR) is 105 cm³/mol. The van der Waals surface area contributed by atoms with Crippen LogP contribution in [0.2, 0.25) is 0 Å².